The SMILES string of the molecule is CN=C(NCCNC(=O)OC(C)(C)C)NCC1CCN(Cc2nc(C)c(C)o2)CC1.I. The highest BCUT2D eigenvalue weighted by Gasteiger charge is 2.21. The van der Waals surface area contributed by atoms with Crippen LogP contribution in [0.15, 0.2) is 9.41 Å². The maximum atomic E-state index is 11.6. The fraction of sp³-hybridized carbons (Fsp3) is 0.762. The molecule has 31 heavy (non-hydrogen) atoms. The summed E-state index contributed by atoms with van der Waals surface area (Å²) in [5.41, 5.74) is 0.487. The van der Waals surface area contributed by atoms with E-state index in [9.17, 15) is 4.79 Å². The molecule has 1 amide bonds. The normalized spacial score (nSPS) is 15.9. The zero-order chi connectivity index (χ0) is 22.1. The lowest BCUT2D eigenvalue weighted by Gasteiger charge is -2.31. The third-order valence-corrected chi connectivity index (χ3v) is 5.01. The van der Waals surface area contributed by atoms with Crippen LogP contribution in [0.1, 0.15) is 51.0 Å². The van der Waals surface area contributed by atoms with E-state index in [2.05, 4.69) is 30.8 Å². The fourth-order valence-corrected chi connectivity index (χ4v) is 3.27. The van der Waals surface area contributed by atoms with Crippen LogP contribution in [0.4, 0.5) is 4.79 Å². The molecular formula is C21H39IN6O3. The maximum Gasteiger partial charge on any atom is 0.407 e. The van der Waals surface area contributed by atoms with Gasteiger partial charge in [0.05, 0.1) is 12.2 Å². The van der Waals surface area contributed by atoms with Crippen molar-refractivity contribution in [3.05, 3.63) is 17.3 Å². The predicted molar refractivity (Wildman–Crippen MR) is 133 cm³/mol. The smallest absolute Gasteiger partial charge is 0.407 e. The van der Waals surface area contributed by atoms with Crippen molar-refractivity contribution >= 4 is 36.0 Å². The van der Waals surface area contributed by atoms with Gasteiger partial charge in [-0.1, -0.05) is 0 Å². The average molecular weight is 550 g/mol. The summed E-state index contributed by atoms with van der Waals surface area (Å²) in [4.78, 5) is 22.8. The number of alkyl carbamates (subject to hydrolysis) is 1. The molecule has 10 heteroatoms. The fourth-order valence-electron chi connectivity index (χ4n) is 3.27. The Hall–Kier alpha value is -1.56. The number of nitrogens with zero attached hydrogens (tertiary/aromatic N) is 3. The Morgan fingerprint density at radius 3 is 2.39 bits per heavy atom. The molecule has 0 unspecified atom stereocenters. The number of aryl methyl sites for hydroxylation is 2. The van der Waals surface area contributed by atoms with E-state index < -0.39 is 11.7 Å². The van der Waals surface area contributed by atoms with E-state index in [1.54, 1.807) is 7.05 Å². The number of guanidine groups is 1. The highest BCUT2D eigenvalue weighted by Crippen LogP contribution is 2.19. The standard InChI is InChI=1S/C21H38N6O3.HI/c1-15-16(2)29-18(26-15)14-27-11-7-17(8-12-27)13-25-19(22-6)23-9-10-24-20(28)30-21(3,4)5;/h17H,7-14H2,1-6H3,(H,24,28)(H2,22,23,25);1H. The third kappa shape index (κ3) is 10.5. The first-order chi connectivity index (χ1) is 14.2. The highest BCUT2D eigenvalue weighted by atomic mass is 127. The van der Waals surface area contributed by atoms with E-state index in [0.717, 1.165) is 62.3 Å². The van der Waals surface area contributed by atoms with Crippen LogP contribution >= 0.6 is 24.0 Å². The largest absolute Gasteiger partial charge is 0.444 e. The molecule has 1 aliphatic rings. The molecule has 0 atom stereocenters. The minimum atomic E-state index is -0.489. The molecule has 0 radical (unpaired) electrons. The molecule has 1 saturated heterocycles. The Kier molecular flexibility index (Phi) is 11.6. The van der Waals surface area contributed by atoms with E-state index in [-0.39, 0.29) is 24.0 Å². The summed E-state index contributed by atoms with van der Waals surface area (Å²) in [6.07, 6.45) is 1.85. The van der Waals surface area contributed by atoms with Crippen molar-refractivity contribution < 1.29 is 13.9 Å². The lowest BCUT2D eigenvalue weighted by atomic mass is 9.97. The summed E-state index contributed by atoms with van der Waals surface area (Å²) in [7, 11) is 1.75. The van der Waals surface area contributed by atoms with Gasteiger partial charge in [0, 0.05) is 26.7 Å². The summed E-state index contributed by atoms with van der Waals surface area (Å²) in [6.45, 7) is 14.3. The van der Waals surface area contributed by atoms with Gasteiger partial charge >= 0.3 is 6.09 Å². The molecule has 1 aliphatic heterocycles. The number of piperidine rings is 1. The molecule has 9 nitrogen and oxygen atoms in total. The van der Waals surface area contributed by atoms with Gasteiger partial charge in [0.2, 0.25) is 5.89 Å². The number of likely N-dealkylation sites (tertiary alicyclic amines) is 1. The van der Waals surface area contributed by atoms with Gasteiger partial charge in [-0.15, -0.1) is 24.0 Å². The third-order valence-electron chi connectivity index (χ3n) is 5.01. The molecule has 1 fully saturated rings. The number of ether oxygens (including phenoxy) is 1. The molecule has 0 saturated carbocycles. The Morgan fingerprint density at radius 2 is 1.84 bits per heavy atom. The number of oxazole rings is 1. The molecule has 1 aromatic heterocycles. The molecule has 0 bridgehead atoms. The minimum Gasteiger partial charge on any atom is -0.444 e. The van der Waals surface area contributed by atoms with Gasteiger partial charge in [-0.05, 0) is 66.5 Å². The van der Waals surface area contributed by atoms with Crippen LogP contribution < -0.4 is 16.0 Å². The van der Waals surface area contributed by atoms with Gasteiger partial charge in [0.1, 0.15) is 11.4 Å². The molecule has 2 heterocycles. The van der Waals surface area contributed by atoms with Crippen LogP contribution in [0.25, 0.3) is 0 Å². The monoisotopic (exact) mass is 550 g/mol. The Balaban J connectivity index is 0.00000480. The van der Waals surface area contributed by atoms with Gasteiger partial charge < -0.3 is 25.1 Å². The van der Waals surface area contributed by atoms with Crippen molar-refractivity contribution in [1.82, 2.24) is 25.8 Å². The maximum absolute atomic E-state index is 11.6. The van der Waals surface area contributed by atoms with E-state index >= 15 is 0 Å². The first-order valence-electron chi connectivity index (χ1n) is 10.7. The predicted octanol–water partition coefficient (Wildman–Crippen LogP) is 2.81. The minimum absolute atomic E-state index is 0. The topological polar surface area (TPSA) is 104 Å². The van der Waals surface area contributed by atoms with E-state index in [0.29, 0.717) is 19.0 Å². The second-order valence-electron chi connectivity index (χ2n) is 8.78. The molecule has 2 rings (SSSR count). The first kappa shape index (κ1) is 27.5. The van der Waals surface area contributed by atoms with Crippen LogP contribution in [-0.4, -0.2) is 67.3 Å². The molecular weight excluding hydrogens is 511 g/mol. The van der Waals surface area contributed by atoms with Crippen LogP contribution in [0.5, 0.6) is 0 Å². The van der Waals surface area contributed by atoms with Crippen molar-refractivity contribution in [2.45, 2.75) is 59.6 Å². The summed E-state index contributed by atoms with van der Waals surface area (Å²) in [6, 6.07) is 0. The number of hydrogen-bond donors (Lipinski definition) is 3. The molecule has 0 aromatic carbocycles. The lowest BCUT2D eigenvalue weighted by Crippen LogP contribution is -2.45. The number of carbonyl (C=O) groups excluding carboxylic acids is 1. The van der Waals surface area contributed by atoms with Crippen LogP contribution in [0.3, 0.4) is 0 Å². The summed E-state index contributed by atoms with van der Waals surface area (Å²) < 4.78 is 10.9. The van der Waals surface area contributed by atoms with Crippen molar-refractivity contribution in [1.29, 1.82) is 0 Å². The molecule has 1 aromatic rings. The summed E-state index contributed by atoms with van der Waals surface area (Å²) in [5.74, 6) is 3.07. The van der Waals surface area contributed by atoms with Crippen LogP contribution in [0, 0.1) is 19.8 Å². The number of amides is 1. The number of nitrogens with one attached hydrogen (secondary N) is 3. The van der Waals surface area contributed by atoms with Gasteiger partial charge in [0.15, 0.2) is 5.96 Å². The number of halogens is 1. The summed E-state index contributed by atoms with van der Waals surface area (Å²) in [5, 5.41) is 9.33. The van der Waals surface area contributed by atoms with Crippen molar-refractivity contribution in [2.24, 2.45) is 10.9 Å². The second-order valence-corrected chi connectivity index (χ2v) is 8.78. The molecule has 3 N–H and O–H groups in total. The molecule has 0 aliphatic carbocycles. The molecule has 0 spiro atoms. The second kappa shape index (κ2) is 13.1. The Labute approximate surface area is 203 Å². The van der Waals surface area contributed by atoms with Gasteiger partial charge in [-0.2, -0.15) is 0 Å². The van der Waals surface area contributed by atoms with Crippen molar-refractivity contribution in [3.8, 4) is 0 Å². The van der Waals surface area contributed by atoms with Crippen LogP contribution in [-0.2, 0) is 11.3 Å². The van der Waals surface area contributed by atoms with Gasteiger partial charge in [0.25, 0.3) is 0 Å². The van der Waals surface area contributed by atoms with Crippen LogP contribution in [0.2, 0.25) is 0 Å². The summed E-state index contributed by atoms with van der Waals surface area (Å²) >= 11 is 0. The zero-order valence-electron chi connectivity index (χ0n) is 19.7. The first-order valence-corrected chi connectivity index (χ1v) is 10.7. The number of hydrogen-bond acceptors (Lipinski definition) is 6. The Bertz CT molecular complexity index is 689. The van der Waals surface area contributed by atoms with E-state index in [1.807, 2.05) is 34.6 Å². The van der Waals surface area contributed by atoms with Gasteiger partial charge in [-0.25, -0.2) is 9.78 Å². The van der Waals surface area contributed by atoms with E-state index in [1.165, 1.54) is 0 Å². The van der Waals surface area contributed by atoms with E-state index in [4.69, 9.17) is 9.15 Å². The molecule has 178 valence electrons. The average Bonchev–Trinajstić information content (AvgIpc) is 2.98. The quantitative estimate of drug-likeness (QED) is 0.208. The number of rotatable bonds is 7. The highest BCUT2D eigenvalue weighted by molar-refractivity contribution is 14.0. The van der Waals surface area contributed by atoms with Crippen molar-refractivity contribution in [2.75, 3.05) is 39.8 Å². The Morgan fingerprint density at radius 1 is 1.19 bits per heavy atom. The van der Waals surface area contributed by atoms with Gasteiger partial charge in [-0.3, -0.25) is 9.89 Å². The lowest BCUT2D eigenvalue weighted by molar-refractivity contribution is 0.0529. The number of aromatic nitrogens is 1. The number of carbonyl (C=O) groups is 1. The van der Waals surface area contributed by atoms with Crippen molar-refractivity contribution in [3.63, 3.8) is 0 Å². The number of aliphatic imine (C=N–C) groups is 1. The zero-order valence-corrected chi connectivity index (χ0v) is 22.0.